The lowest BCUT2D eigenvalue weighted by molar-refractivity contribution is 0.0702. The lowest BCUT2D eigenvalue weighted by Gasteiger charge is -1.94. The number of rotatable bonds is 3. The van der Waals surface area contributed by atoms with Gasteiger partial charge in [-0.1, -0.05) is 0 Å². The number of carbonyl (C=O) groups is 1. The number of sulfone groups is 1. The summed E-state index contributed by atoms with van der Waals surface area (Å²) in [5, 5.41) is 14.2. The van der Waals surface area contributed by atoms with Crippen LogP contribution in [0.15, 0.2) is 28.7 Å². The van der Waals surface area contributed by atoms with E-state index in [0.717, 1.165) is 17.6 Å². The molecule has 90 valence electrons. The monoisotopic (exact) mass is 272 g/mol. The second kappa shape index (κ2) is 3.97. The van der Waals surface area contributed by atoms with Crippen molar-refractivity contribution < 1.29 is 18.3 Å². The van der Waals surface area contributed by atoms with Crippen LogP contribution in [0.3, 0.4) is 0 Å². The molecule has 2 aromatic rings. The molecular formula is C9H8N2O4S2. The van der Waals surface area contributed by atoms with Crippen LogP contribution >= 0.6 is 11.3 Å². The van der Waals surface area contributed by atoms with Gasteiger partial charge in [0.15, 0.2) is 9.84 Å². The molecule has 0 aliphatic carbocycles. The zero-order valence-electron chi connectivity index (χ0n) is 8.69. The number of hydrogen-bond donors (Lipinski definition) is 1. The van der Waals surface area contributed by atoms with Gasteiger partial charge in [0.05, 0.1) is 11.9 Å². The Balaban J connectivity index is 2.40. The van der Waals surface area contributed by atoms with Crippen molar-refractivity contribution in [3.63, 3.8) is 0 Å². The van der Waals surface area contributed by atoms with Crippen LogP contribution in [0.5, 0.6) is 0 Å². The van der Waals surface area contributed by atoms with Crippen LogP contribution in [0.2, 0.25) is 0 Å². The number of carboxylic acids is 1. The van der Waals surface area contributed by atoms with E-state index in [4.69, 9.17) is 5.11 Å². The summed E-state index contributed by atoms with van der Waals surface area (Å²) in [6, 6.07) is 1.44. The molecule has 0 aliphatic heterocycles. The van der Waals surface area contributed by atoms with Crippen molar-refractivity contribution >= 4 is 27.1 Å². The summed E-state index contributed by atoms with van der Waals surface area (Å²) in [6.45, 7) is 0. The SMILES string of the molecule is CS(=O)(=O)c1cnn(-c2csc(C(=O)O)c2)c1. The van der Waals surface area contributed by atoms with Crippen molar-refractivity contribution in [1.29, 1.82) is 0 Å². The van der Waals surface area contributed by atoms with Gasteiger partial charge in [0.2, 0.25) is 0 Å². The minimum Gasteiger partial charge on any atom is -0.477 e. The minimum atomic E-state index is -3.30. The fourth-order valence-electron chi connectivity index (χ4n) is 1.20. The predicted molar refractivity (Wildman–Crippen MR) is 61.5 cm³/mol. The van der Waals surface area contributed by atoms with Crippen molar-refractivity contribution in [2.75, 3.05) is 6.26 Å². The summed E-state index contributed by atoms with van der Waals surface area (Å²) in [6.07, 6.45) is 3.67. The Morgan fingerprint density at radius 2 is 2.24 bits per heavy atom. The Hall–Kier alpha value is -1.67. The number of aromatic nitrogens is 2. The molecule has 1 N–H and O–H groups in total. The first-order chi connectivity index (χ1) is 7.88. The fourth-order valence-corrected chi connectivity index (χ4v) is 2.44. The van der Waals surface area contributed by atoms with Gasteiger partial charge in [-0.2, -0.15) is 5.10 Å². The molecule has 0 fully saturated rings. The van der Waals surface area contributed by atoms with Crippen molar-refractivity contribution in [2.45, 2.75) is 4.90 Å². The molecule has 0 unspecified atom stereocenters. The van der Waals surface area contributed by atoms with Crippen LogP contribution in [-0.2, 0) is 9.84 Å². The van der Waals surface area contributed by atoms with Gasteiger partial charge >= 0.3 is 5.97 Å². The summed E-state index contributed by atoms with van der Waals surface area (Å²) >= 11 is 1.06. The van der Waals surface area contributed by atoms with Crippen LogP contribution in [-0.4, -0.2) is 35.5 Å². The van der Waals surface area contributed by atoms with Gasteiger partial charge in [-0.05, 0) is 6.07 Å². The molecule has 0 bridgehead atoms. The topological polar surface area (TPSA) is 89.3 Å². The highest BCUT2D eigenvalue weighted by atomic mass is 32.2. The summed E-state index contributed by atoms with van der Waals surface area (Å²) in [4.78, 5) is 11.0. The van der Waals surface area contributed by atoms with E-state index in [-0.39, 0.29) is 9.77 Å². The van der Waals surface area contributed by atoms with Gasteiger partial charge in [-0.25, -0.2) is 17.9 Å². The van der Waals surface area contributed by atoms with Gasteiger partial charge in [0, 0.05) is 17.8 Å². The lowest BCUT2D eigenvalue weighted by Crippen LogP contribution is -1.96. The number of hydrogen-bond acceptors (Lipinski definition) is 5. The summed E-state index contributed by atoms with van der Waals surface area (Å²) < 4.78 is 23.8. The van der Waals surface area contributed by atoms with Gasteiger partial charge in [0.25, 0.3) is 0 Å². The molecular weight excluding hydrogens is 264 g/mol. The maximum Gasteiger partial charge on any atom is 0.345 e. The second-order valence-corrected chi connectivity index (χ2v) is 6.29. The quantitative estimate of drug-likeness (QED) is 0.901. The highest BCUT2D eigenvalue weighted by Crippen LogP contribution is 2.19. The molecule has 0 saturated heterocycles. The maximum absolute atomic E-state index is 11.2. The van der Waals surface area contributed by atoms with Gasteiger partial charge < -0.3 is 5.11 Å². The minimum absolute atomic E-state index is 0.0978. The average molecular weight is 272 g/mol. The van der Waals surface area contributed by atoms with Gasteiger partial charge in [0.1, 0.15) is 9.77 Å². The molecule has 0 atom stereocenters. The Morgan fingerprint density at radius 1 is 1.53 bits per heavy atom. The molecule has 8 heteroatoms. The number of aromatic carboxylic acids is 1. The fraction of sp³-hybridized carbons (Fsp3) is 0.111. The second-order valence-electron chi connectivity index (χ2n) is 3.37. The predicted octanol–water partition coefficient (Wildman–Crippen LogP) is 1.04. The van der Waals surface area contributed by atoms with Crippen LogP contribution in [0, 0.1) is 0 Å². The normalized spacial score (nSPS) is 11.6. The molecule has 2 heterocycles. The Kier molecular flexibility index (Phi) is 2.76. The zero-order chi connectivity index (χ0) is 12.6. The smallest absolute Gasteiger partial charge is 0.345 e. The van der Waals surface area contributed by atoms with E-state index in [9.17, 15) is 13.2 Å². The Morgan fingerprint density at radius 3 is 2.71 bits per heavy atom. The van der Waals surface area contributed by atoms with Crippen molar-refractivity contribution in [3.8, 4) is 5.69 Å². The third kappa shape index (κ3) is 2.37. The highest BCUT2D eigenvalue weighted by Gasteiger charge is 2.13. The van der Waals surface area contributed by atoms with E-state index in [1.807, 2.05) is 0 Å². The zero-order valence-corrected chi connectivity index (χ0v) is 10.3. The number of carboxylic acid groups (broad SMARTS) is 1. The van der Waals surface area contributed by atoms with E-state index in [2.05, 4.69) is 5.10 Å². The van der Waals surface area contributed by atoms with E-state index >= 15 is 0 Å². The Bertz CT molecular complexity index is 669. The summed E-state index contributed by atoms with van der Waals surface area (Å²) in [5.74, 6) is -1.02. The highest BCUT2D eigenvalue weighted by molar-refractivity contribution is 7.90. The molecule has 2 rings (SSSR count). The number of thiophene rings is 1. The third-order valence-corrected chi connectivity index (χ3v) is 4.02. The van der Waals surface area contributed by atoms with Crippen LogP contribution in [0.1, 0.15) is 9.67 Å². The molecule has 2 aromatic heterocycles. The molecule has 6 nitrogen and oxygen atoms in total. The van der Waals surface area contributed by atoms with Gasteiger partial charge in [-0.3, -0.25) is 0 Å². The standard InChI is InChI=1S/C9H8N2O4S2/c1-17(14,15)7-3-10-11(4-7)6-2-8(9(12)13)16-5-6/h2-5H,1H3,(H,12,13). The molecule has 17 heavy (non-hydrogen) atoms. The van der Waals surface area contributed by atoms with E-state index < -0.39 is 15.8 Å². The van der Waals surface area contributed by atoms with Crippen molar-refractivity contribution in [1.82, 2.24) is 9.78 Å². The molecule has 0 radical (unpaired) electrons. The summed E-state index contributed by atoms with van der Waals surface area (Å²) in [5.41, 5.74) is 0.530. The molecule has 0 saturated carbocycles. The van der Waals surface area contributed by atoms with E-state index in [0.29, 0.717) is 5.69 Å². The van der Waals surface area contributed by atoms with Crippen molar-refractivity contribution in [2.24, 2.45) is 0 Å². The Labute approximate surface area is 101 Å². The largest absolute Gasteiger partial charge is 0.477 e. The van der Waals surface area contributed by atoms with E-state index in [1.165, 1.54) is 23.1 Å². The lowest BCUT2D eigenvalue weighted by atomic mass is 10.4. The van der Waals surface area contributed by atoms with Crippen LogP contribution in [0.4, 0.5) is 0 Å². The molecule has 0 spiro atoms. The van der Waals surface area contributed by atoms with Crippen molar-refractivity contribution in [3.05, 3.63) is 28.7 Å². The number of nitrogens with zero attached hydrogens (tertiary/aromatic N) is 2. The average Bonchev–Trinajstić information content (AvgIpc) is 2.85. The van der Waals surface area contributed by atoms with E-state index in [1.54, 1.807) is 5.38 Å². The first-order valence-corrected chi connectivity index (χ1v) is 7.22. The van der Waals surface area contributed by atoms with Crippen LogP contribution < -0.4 is 0 Å². The maximum atomic E-state index is 11.2. The molecule has 0 aliphatic rings. The van der Waals surface area contributed by atoms with Gasteiger partial charge in [-0.15, -0.1) is 11.3 Å². The third-order valence-electron chi connectivity index (χ3n) is 2.05. The molecule has 0 amide bonds. The van der Waals surface area contributed by atoms with Crippen LogP contribution in [0.25, 0.3) is 5.69 Å². The first-order valence-electron chi connectivity index (χ1n) is 4.45. The summed E-state index contributed by atoms with van der Waals surface area (Å²) in [7, 11) is -3.30. The first kappa shape index (κ1) is 11.8. The molecule has 0 aromatic carbocycles.